The van der Waals surface area contributed by atoms with Crippen molar-refractivity contribution in [1.82, 2.24) is 19.9 Å². The molecule has 35 heavy (non-hydrogen) atoms. The summed E-state index contributed by atoms with van der Waals surface area (Å²) in [4.78, 5) is 48.7. The summed E-state index contributed by atoms with van der Waals surface area (Å²) < 4.78 is 6.87. The quantitative estimate of drug-likeness (QED) is 0.431. The predicted molar refractivity (Wildman–Crippen MR) is 132 cm³/mol. The Kier molecular flexibility index (Phi) is 6.28. The number of carboxylic acid groups (broad SMARTS) is 1. The molecule has 0 atom stereocenters. The van der Waals surface area contributed by atoms with Crippen molar-refractivity contribution in [3.8, 4) is 5.13 Å². The Hall–Kier alpha value is -3.31. The van der Waals surface area contributed by atoms with Gasteiger partial charge in [-0.05, 0) is 38.3 Å². The van der Waals surface area contributed by atoms with Gasteiger partial charge in [0.25, 0.3) is 0 Å². The monoisotopic (exact) mass is 497 g/mol. The summed E-state index contributed by atoms with van der Waals surface area (Å²) in [7, 11) is 0. The third-order valence-corrected chi connectivity index (χ3v) is 7.27. The standard InChI is InChI=1S/C24H27N5O5S/c1-3-34-7-6-25-22(31)15-9-28(10-15)18-8-13(2)19-20(30)16(23(32)33)11-29(21(19)27-18)24-26-17(12-35-24)14-4-5-14/h8,11-12,14-15H,3-7,9-10H2,1-2H3,(H,25,31)(H,32,33). The van der Waals surface area contributed by atoms with Crippen LogP contribution in [-0.4, -0.2) is 64.4 Å². The van der Waals surface area contributed by atoms with Crippen molar-refractivity contribution in [3.05, 3.63) is 44.7 Å². The number of hydrogen-bond acceptors (Lipinski definition) is 8. The van der Waals surface area contributed by atoms with Crippen LogP contribution in [0.15, 0.2) is 22.4 Å². The van der Waals surface area contributed by atoms with Gasteiger partial charge in [-0.25, -0.2) is 14.8 Å². The molecule has 0 unspecified atom stereocenters. The zero-order valence-corrected chi connectivity index (χ0v) is 20.4. The van der Waals surface area contributed by atoms with Crippen molar-refractivity contribution in [1.29, 1.82) is 0 Å². The summed E-state index contributed by atoms with van der Waals surface area (Å²) in [6.07, 6.45) is 3.53. The van der Waals surface area contributed by atoms with Gasteiger partial charge < -0.3 is 20.1 Å². The number of ether oxygens (including phenoxy) is 1. The van der Waals surface area contributed by atoms with Gasteiger partial charge in [-0.15, -0.1) is 11.3 Å². The topological polar surface area (TPSA) is 127 Å². The Morgan fingerprint density at radius 3 is 2.74 bits per heavy atom. The van der Waals surface area contributed by atoms with Gasteiger partial charge in [-0.3, -0.25) is 14.2 Å². The first-order valence-corrected chi connectivity index (χ1v) is 12.6. The Balaban J connectivity index is 1.46. The molecule has 1 saturated heterocycles. The highest BCUT2D eigenvalue weighted by Gasteiger charge is 2.34. The molecule has 0 aromatic carbocycles. The maximum Gasteiger partial charge on any atom is 0.341 e. The number of anilines is 1. The molecule has 0 radical (unpaired) electrons. The molecule has 11 heteroatoms. The van der Waals surface area contributed by atoms with E-state index < -0.39 is 11.4 Å². The Morgan fingerprint density at radius 1 is 1.29 bits per heavy atom. The molecule has 1 aliphatic carbocycles. The summed E-state index contributed by atoms with van der Waals surface area (Å²) in [5, 5.41) is 15.4. The molecule has 1 aliphatic heterocycles. The maximum absolute atomic E-state index is 13.0. The molecule has 1 saturated carbocycles. The van der Waals surface area contributed by atoms with E-state index in [0.29, 0.717) is 60.9 Å². The summed E-state index contributed by atoms with van der Waals surface area (Å²) in [5.74, 6) is -0.354. The number of carbonyl (C=O) groups excluding carboxylic acids is 1. The average Bonchev–Trinajstić information content (AvgIpc) is 3.52. The van der Waals surface area contributed by atoms with Gasteiger partial charge in [0.15, 0.2) is 10.8 Å². The zero-order chi connectivity index (χ0) is 24.7. The van der Waals surface area contributed by atoms with Crippen LogP contribution in [0.4, 0.5) is 5.82 Å². The smallest absolute Gasteiger partial charge is 0.341 e. The number of hydrogen-bond donors (Lipinski definition) is 2. The van der Waals surface area contributed by atoms with Crippen molar-refractivity contribution in [2.75, 3.05) is 37.7 Å². The van der Waals surface area contributed by atoms with Crippen molar-refractivity contribution >= 4 is 40.1 Å². The fourth-order valence-corrected chi connectivity index (χ4v) is 5.14. The molecule has 3 aromatic rings. The second kappa shape index (κ2) is 9.38. The Labute approximate surface area is 205 Å². The Bertz CT molecular complexity index is 1360. The fourth-order valence-electron chi connectivity index (χ4n) is 4.26. The minimum absolute atomic E-state index is 0.0168. The Morgan fingerprint density at radius 2 is 2.06 bits per heavy atom. The molecule has 2 N–H and O–H groups in total. The number of carbonyl (C=O) groups is 2. The van der Waals surface area contributed by atoms with Crippen LogP contribution in [0, 0.1) is 12.8 Å². The van der Waals surface area contributed by atoms with Crippen LogP contribution in [0.1, 0.15) is 47.3 Å². The van der Waals surface area contributed by atoms with Crippen molar-refractivity contribution < 1.29 is 19.4 Å². The summed E-state index contributed by atoms with van der Waals surface area (Å²) in [6, 6.07) is 1.78. The second-order valence-electron chi connectivity index (χ2n) is 8.96. The van der Waals surface area contributed by atoms with Crippen molar-refractivity contribution in [3.63, 3.8) is 0 Å². The molecule has 5 rings (SSSR count). The van der Waals surface area contributed by atoms with E-state index in [1.807, 2.05) is 17.2 Å². The minimum atomic E-state index is -1.28. The molecule has 0 spiro atoms. The highest BCUT2D eigenvalue weighted by Crippen LogP contribution is 2.41. The minimum Gasteiger partial charge on any atom is -0.477 e. The van der Waals surface area contributed by atoms with Crippen LogP contribution in [0.25, 0.3) is 16.2 Å². The number of aryl methyl sites for hydroxylation is 1. The van der Waals surface area contributed by atoms with Gasteiger partial charge in [-0.1, -0.05) is 0 Å². The van der Waals surface area contributed by atoms with Crippen LogP contribution in [-0.2, 0) is 9.53 Å². The molecule has 2 aliphatic rings. The lowest BCUT2D eigenvalue weighted by molar-refractivity contribution is -0.125. The fraction of sp³-hybridized carbons (Fsp3) is 0.458. The third kappa shape index (κ3) is 4.53. The summed E-state index contributed by atoms with van der Waals surface area (Å²) in [6.45, 7) is 6.29. The first-order valence-electron chi connectivity index (χ1n) is 11.7. The highest BCUT2D eigenvalue weighted by atomic mass is 32.1. The van der Waals surface area contributed by atoms with Crippen LogP contribution >= 0.6 is 11.3 Å². The SMILES string of the molecule is CCOCCNC(=O)C1CN(c2cc(C)c3c(=O)c(C(=O)O)cn(-c4nc(C5CC5)cs4)c3n2)C1. The predicted octanol–water partition coefficient (Wildman–Crippen LogP) is 2.32. The number of thiazole rings is 1. The van der Waals surface area contributed by atoms with Gasteiger partial charge in [0, 0.05) is 43.7 Å². The largest absolute Gasteiger partial charge is 0.477 e. The summed E-state index contributed by atoms with van der Waals surface area (Å²) >= 11 is 1.41. The van der Waals surface area contributed by atoms with Gasteiger partial charge >= 0.3 is 5.97 Å². The number of amides is 1. The molecule has 10 nitrogen and oxygen atoms in total. The molecule has 3 aromatic heterocycles. The van der Waals surface area contributed by atoms with E-state index in [2.05, 4.69) is 5.32 Å². The molecular weight excluding hydrogens is 470 g/mol. The lowest BCUT2D eigenvalue weighted by Crippen LogP contribution is -2.54. The van der Waals surface area contributed by atoms with Crippen molar-refractivity contribution in [2.45, 2.75) is 32.6 Å². The molecular formula is C24H27N5O5S. The number of fused-ring (bicyclic) bond motifs is 1. The zero-order valence-electron chi connectivity index (χ0n) is 19.6. The second-order valence-corrected chi connectivity index (χ2v) is 9.80. The number of nitrogens with zero attached hydrogens (tertiary/aromatic N) is 4. The number of aromatic carboxylic acids is 1. The van der Waals surface area contributed by atoms with E-state index in [-0.39, 0.29) is 22.8 Å². The average molecular weight is 498 g/mol. The molecule has 1 amide bonds. The lowest BCUT2D eigenvalue weighted by Gasteiger charge is -2.39. The van der Waals surface area contributed by atoms with Gasteiger partial charge in [0.2, 0.25) is 11.3 Å². The molecule has 4 heterocycles. The maximum atomic E-state index is 13.0. The van der Waals surface area contributed by atoms with E-state index in [0.717, 1.165) is 18.5 Å². The number of nitrogens with one attached hydrogen (secondary N) is 1. The third-order valence-electron chi connectivity index (χ3n) is 6.41. The van der Waals surface area contributed by atoms with Crippen LogP contribution in [0.5, 0.6) is 0 Å². The van der Waals surface area contributed by atoms with E-state index >= 15 is 0 Å². The van der Waals surface area contributed by atoms with E-state index in [1.165, 1.54) is 17.5 Å². The first kappa shape index (κ1) is 23.4. The summed E-state index contributed by atoms with van der Waals surface area (Å²) in [5.41, 5.74) is 1.12. The van der Waals surface area contributed by atoms with Gasteiger partial charge in [0.1, 0.15) is 11.4 Å². The molecule has 0 bridgehead atoms. The van der Waals surface area contributed by atoms with E-state index in [9.17, 15) is 19.5 Å². The number of carboxylic acids is 1. The van der Waals surface area contributed by atoms with Gasteiger partial charge in [-0.2, -0.15) is 0 Å². The van der Waals surface area contributed by atoms with Crippen molar-refractivity contribution in [2.24, 2.45) is 5.92 Å². The number of aromatic nitrogens is 3. The lowest BCUT2D eigenvalue weighted by atomic mass is 9.98. The highest BCUT2D eigenvalue weighted by molar-refractivity contribution is 7.12. The van der Waals surface area contributed by atoms with E-state index in [1.54, 1.807) is 17.6 Å². The van der Waals surface area contributed by atoms with Crippen LogP contribution in [0.3, 0.4) is 0 Å². The van der Waals surface area contributed by atoms with E-state index in [4.69, 9.17) is 14.7 Å². The van der Waals surface area contributed by atoms with Crippen LogP contribution < -0.4 is 15.6 Å². The normalized spacial score (nSPS) is 15.9. The number of rotatable bonds is 9. The molecule has 2 fully saturated rings. The number of pyridine rings is 2. The van der Waals surface area contributed by atoms with Crippen LogP contribution in [0.2, 0.25) is 0 Å². The first-order chi connectivity index (χ1) is 16.9. The molecule has 184 valence electrons. The van der Waals surface area contributed by atoms with Gasteiger partial charge in [0.05, 0.1) is 23.6 Å².